The number of benzene rings is 4. The highest BCUT2D eigenvalue weighted by Crippen LogP contribution is 2.21. The number of rotatable bonds is 11. The van der Waals surface area contributed by atoms with E-state index >= 15 is 0 Å². The molecule has 0 spiro atoms. The molecule has 1 heterocycles. The van der Waals surface area contributed by atoms with Crippen molar-refractivity contribution in [3.63, 3.8) is 0 Å². The Labute approximate surface area is 256 Å². The molecule has 0 fully saturated rings. The van der Waals surface area contributed by atoms with Gasteiger partial charge in [0.1, 0.15) is 12.6 Å². The van der Waals surface area contributed by atoms with Crippen molar-refractivity contribution in [1.29, 1.82) is 0 Å². The van der Waals surface area contributed by atoms with Crippen molar-refractivity contribution in [2.75, 3.05) is 0 Å². The Balaban J connectivity index is 1.26. The van der Waals surface area contributed by atoms with E-state index in [1.165, 1.54) is 0 Å². The number of carbonyl (C=O) groups excluding carboxylic acids is 3. The van der Waals surface area contributed by atoms with Crippen LogP contribution in [0.5, 0.6) is 0 Å². The molecule has 8 heteroatoms. The fourth-order valence-corrected chi connectivity index (χ4v) is 5.25. The Bertz CT molecular complexity index is 1740. The third-order valence-electron chi connectivity index (χ3n) is 7.48. The van der Waals surface area contributed by atoms with Crippen LogP contribution in [0.25, 0.3) is 22.0 Å². The van der Waals surface area contributed by atoms with E-state index in [9.17, 15) is 14.4 Å². The molecular formula is C36H36N4O4. The van der Waals surface area contributed by atoms with Crippen LogP contribution in [0.3, 0.4) is 0 Å². The van der Waals surface area contributed by atoms with E-state index < -0.39 is 23.6 Å². The van der Waals surface area contributed by atoms with Crippen LogP contribution in [0.2, 0.25) is 0 Å². The van der Waals surface area contributed by atoms with Gasteiger partial charge in [0.05, 0.1) is 0 Å². The number of ether oxygens (including phenoxy) is 1. The average Bonchev–Trinajstić information content (AvgIpc) is 3.43. The van der Waals surface area contributed by atoms with Gasteiger partial charge in [-0.2, -0.15) is 0 Å². The number of amides is 3. The van der Waals surface area contributed by atoms with E-state index in [-0.39, 0.29) is 18.9 Å². The average molecular weight is 589 g/mol. The van der Waals surface area contributed by atoms with Gasteiger partial charge >= 0.3 is 6.09 Å². The molecule has 1 aromatic heterocycles. The first-order chi connectivity index (χ1) is 21.2. The van der Waals surface area contributed by atoms with E-state index in [0.29, 0.717) is 12.0 Å². The van der Waals surface area contributed by atoms with Crippen molar-refractivity contribution in [3.05, 3.63) is 132 Å². The molecule has 0 unspecified atom stereocenters. The lowest BCUT2D eigenvalue weighted by Gasteiger charge is -2.29. The van der Waals surface area contributed by atoms with Gasteiger partial charge in [0.2, 0.25) is 11.8 Å². The molecular weight excluding hydrogens is 552 g/mol. The predicted octanol–water partition coefficient (Wildman–Crippen LogP) is 5.91. The Kier molecular flexibility index (Phi) is 9.09. The summed E-state index contributed by atoms with van der Waals surface area (Å²) in [4.78, 5) is 41.3. The summed E-state index contributed by atoms with van der Waals surface area (Å²) in [5, 5.41) is 6.87. The van der Waals surface area contributed by atoms with Crippen LogP contribution in [0.1, 0.15) is 40.9 Å². The Hall–Kier alpha value is -5.37. The number of primary amides is 1. The van der Waals surface area contributed by atoms with Crippen LogP contribution in [-0.2, 0) is 29.0 Å². The molecule has 5 rings (SSSR count). The lowest BCUT2D eigenvalue weighted by molar-refractivity contribution is -0.124. The van der Waals surface area contributed by atoms with Gasteiger partial charge in [-0.3, -0.25) is 9.59 Å². The Morgan fingerprint density at radius 1 is 0.818 bits per heavy atom. The van der Waals surface area contributed by atoms with E-state index in [4.69, 9.17) is 10.5 Å². The van der Waals surface area contributed by atoms with Crippen LogP contribution in [0.4, 0.5) is 4.79 Å². The zero-order valence-corrected chi connectivity index (χ0v) is 24.8. The number of fused-ring (bicyclic) bond motifs is 1. The van der Waals surface area contributed by atoms with Crippen LogP contribution >= 0.6 is 0 Å². The molecule has 8 nitrogen and oxygen atoms in total. The number of aromatic nitrogens is 1. The van der Waals surface area contributed by atoms with E-state index in [2.05, 4.69) is 15.6 Å². The number of H-pyrrole nitrogens is 1. The van der Waals surface area contributed by atoms with Gasteiger partial charge in [-0.1, -0.05) is 84.9 Å². The van der Waals surface area contributed by atoms with Gasteiger partial charge in [0.15, 0.2) is 0 Å². The Morgan fingerprint density at radius 3 is 2.16 bits per heavy atom. The van der Waals surface area contributed by atoms with E-state index in [1.54, 1.807) is 12.1 Å². The number of carbonyl (C=O) groups is 3. The predicted molar refractivity (Wildman–Crippen MR) is 172 cm³/mol. The summed E-state index contributed by atoms with van der Waals surface area (Å²) in [6.07, 6.45) is 1.94. The number of aromatic amines is 1. The lowest BCUT2D eigenvalue weighted by Crippen LogP contribution is -2.54. The molecule has 1 atom stereocenters. The summed E-state index contributed by atoms with van der Waals surface area (Å²) < 4.78 is 5.54. The van der Waals surface area contributed by atoms with Crippen LogP contribution in [-0.4, -0.2) is 34.5 Å². The molecule has 0 aliphatic heterocycles. The minimum Gasteiger partial charge on any atom is -0.445 e. The number of para-hydroxylation sites is 1. The third-order valence-corrected chi connectivity index (χ3v) is 7.48. The second-order valence-corrected chi connectivity index (χ2v) is 11.5. The molecule has 0 aliphatic rings. The smallest absolute Gasteiger partial charge is 0.408 e. The second-order valence-electron chi connectivity index (χ2n) is 11.5. The zero-order chi connectivity index (χ0) is 31.1. The molecule has 3 amide bonds. The van der Waals surface area contributed by atoms with E-state index in [1.807, 2.05) is 111 Å². The van der Waals surface area contributed by atoms with E-state index in [0.717, 1.165) is 38.7 Å². The number of hydrogen-bond acceptors (Lipinski definition) is 4. The maximum atomic E-state index is 13.7. The minimum absolute atomic E-state index is 0.0646. The lowest BCUT2D eigenvalue weighted by atomic mass is 9.93. The summed E-state index contributed by atoms with van der Waals surface area (Å²) >= 11 is 0. The fraction of sp³-hybridized carbons (Fsp3) is 0.194. The monoisotopic (exact) mass is 588 g/mol. The molecule has 0 saturated carbocycles. The molecule has 0 saturated heterocycles. The molecule has 0 radical (unpaired) electrons. The summed E-state index contributed by atoms with van der Waals surface area (Å²) in [6, 6.07) is 31.8. The van der Waals surface area contributed by atoms with Gasteiger partial charge in [-0.15, -0.1) is 0 Å². The number of hydrogen-bond donors (Lipinski definition) is 4. The SMILES string of the molecule is CC(C)(Cc1ccc(C(N)=O)cc1)NC(=O)[C@H](Cc1c[nH]c2ccccc12)NC(=O)OCc1ccc(-c2ccccc2)cc1. The summed E-state index contributed by atoms with van der Waals surface area (Å²) in [6.45, 7) is 3.88. The van der Waals surface area contributed by atoms with Crippen molar-refractivity contribution in [2.45, 2.75) is 44.9 Å². The maximum absolute atomic E-state index is 13.7. The molecule has 0 aliphatic carbocycles. The third kappa shape index (κ3) is 7.72. The summed E-state index contributed by atoms with van der Waals surface area (Å²) in [7, 11) is 0. The highest BCUT2D eigenvalue weighted by molar-refractivity contribution is 5.92. The highest BCUT2D eigenvalue weighted by Gasteiger charge is 2.29. The molecule has 224 valence electrons. The fourth-order valence-electron chi connectivity index (χ4n) is 5.25. The number of nitrogens with two attached hydrogens (primary N) is 1. The van der Waals surface area contributed by atoms with Gasteiger partial charge in [0, 0.05) is 34.6 Å². The van der Waals surface area contributed by atoms with Gasteiger partial charge in [0.25, 0.3) is 0 Å². The molecule has 0 bridgehead atoms. The van der Waals surface area contributed by atoms with Crippen molar-refractivity contribution in [2.24, 2.45) is 5.73 Å². The molecule has 5 aromatic rings. The molecule has 4 aromatic carbocycles. The largest absolute Gasteiger partial charge is 0.445 e. The Morgan fingerprint density at radius 2 is 1.45 bits per heavy atom. The van der Waals surface area contributed by atoms with Crippen molar-refractivity contribution < 1.29 is 19.1 Å². The number of alkyl carbamates (subject to hydrolysis) is 1. The molecule has 5 N–H and O–H groups in total. The second kappa shape index (κ2) is 13.3. The van der Waals surface area contributed by atoms with Gasteiger partial charge in [-0.25, -0.2) is 4.79 Å². The van der Waals surface area contributed by atoms with Crippen molar-refractivity contribution in [3.8, 4) is 11.1 Å². The first-order valence-electron chi connectivity index (χ1n) is 14.5. The van der Waals surface area contributed by atoms with Crippen LogP contribution in [0, 0.1) is 0 Å². The standard InChI is InChI=1S/C36H36N4O4/c1-36(2,21-24-12-18-28(19-13-24)33(37)41)40-34(42)32(20-29-22-38-31-11-7-6-10-30(29)31)39-35(43)44-23-25-14-16-27(17-15-25)26-8-4-3-5-9-26/h3-19,22,32,38H,20-21,23H2,1-2H3,(H2,37,41)(H,39,43)(H,40,42)/t32-/m0/s1. The van der Waals surface area contributed by atoms with Crippen LogP contribution in [0.15, 0.2) is 109 Å². The summed E-state index contributed by atoms with van der Waals surface area (Å²) in [5.41, 5.74) is 10.9. The zero-order valence-electron chi connectivity index (χ0n) is 24.8. The number of nitrogens with one attached hydrogen (secondary N) is 3. The minimum atomic E-state index is -0.890. The van der Waals surface area contributed by atoms with Crippen molar-refractivity contribution in [1.82, 2.24) is 15.6 Å². The topological polar surface area (TPSA) is 126 Å². The first kappa shape index (κ1) is 30.1. The van der Waals surface area contributed by atoms with Crippen molar-refractivity contribution >= 4 is 28.8 Å². The normalized spacial score (nSPS) is 12.0. The first-order valence-corrected chi connectivity index (χ1v) is 14.5. The highest BCUT2D eigenvalue weighted by atomic mass is 16.5. The summed E-state index contributed by atoms with van der Waals surface area (Å²) in [5.74, 6) is -0.829. The maximum Gasteiger partial charge on any atom is 0.408 e. The molecule has 44 heavy (non-hydrogen) atoms. The van der Waals surface area contributed by atoms with Gasteiger partial charge in [-0.05, 0) is 66.3 Å². The van der Waals surface area contributed by atoms with Crippen LogP contribution < -0.4 is 16.4 Å². The van der Waals surface area contributed by atoms with Gasteiger partial charge < -0.3 is 26.1 Å². The quantitative estimate of drug-likeness (QED) is 0.153.